The minimum atomic E-state index is 0.639. The molecular formula is C3H8O2P+. The number of hydrogen-bond donors (Lipinski definition) is 0. The van der Waals surface area contributed by atoms with Crippen molar-refractivity contribution in [2.24, 2.45) is 0 Å². The zero-order valence-electron chi connectivity index (χ0n) is 3.68. The Balaban J connectivity index is 0. The molecule has 0 aliphatic heterocycles. The Kier molecular flexibility index (Phi) is 33.3. The molecule has 0 aliphatic rings. The Morgan fingerprint density at radius 1 is 1.67 bits per heavy atom. The van der Waals surface area contributed by atoms with E-state index < -0.39 is 0 Å². The summed E-state index contributed by atoms with van der Waals surface area (Å²) in [6, 6.07) is 0. The Morgan fingerprint density at radius 2 is 1.83 bits per heavy atom. The van der Waals surface area contributed by atoms with Gasteiger partial charge in [0.25, 0.3) is 0 Å². The van der Waals surface area contributed by atoms with Crippen molar-refractivity contribution in [1.82, 2.24) is 0 Å². The van der Waals surface area contributed by atoms with Gasteiger partial charge in [0.1, 0.15) is 6.29 Å². The van der Waals surface area contributed by atoms with Gasteiger partial charge in [-0.05, 0) is 0 Å². The molecule has 0 aliphatic carbocycles. The summed E-state index contributed by atoms with van der Waals surface area (Å²) in [7, 11) is 1.17. The molecule has 1 atom stereocenters. The summed E-state index contributed by atoms with van der Waals surface area (Å²) in [6.45, 7) is 1.81. The van der Waals surface area contributed by atoms with Crippen molar-refractivity contribution in [3.05, 3.63) is 0 Å². The summed E-state index contributed by atoms with van der Waals surface area (Å²) in [5.41, 5.74) is 0. The van der Waals surface area contributed by atoms with Crippen LogP contribution in [-0.4, -0.2) is 6.29 Å². The zero-order chi connectivity index (χ0) is 5.41. The van der Waals surface area contributed by atoms with Gasteiger partial charge in [0.15, 0.2) is 0 Å². The van der Waals surface area contributed by atoms with E-state index in [4.69, 9.17) is 4.57 Å². The lowest BCUT2D eigenvalue weighted by Gasteiger charge is -1.51. The second kappa shape index (κ2) is 21.6. The van der Waals surface area contributed by atoms with Crippen LogP contribution in [0.1, 0.15) is 13.3 Å². The predicted octanol–water partition coefficient (Wildman–Crippen LogP) is 0.802. The van der Waals surface area contributed by atoms with Crippen LogP contribution in [0.4, 0.5) is 0 Å². The molecule has 2 nitrogen and oxygen atoms in total. The highest BCUT2D eigenvalue weighted by Crippen LogP contribution is 1.53. The van der Waals surface area contributed by atoms with Crippen LogP contribution in [0.25, 0.3) is 0 Å². The third-order valence-corrected chi connectivity index (χ3v) is 0.167. The average Bonchev–Trinajstić information content (AvgIpc) is 1.72. The van der Waals surface area contributed by atoms with E-state index in [0.717, 1.165) is 6.29 Å². The van der Waals surface area contributed by atoms with Crippen LogP contribution in [0.5, 0.6) is 0 Å². The Labute approximate surface area is 39.2 Å². The van der Waals surface area contributed by atoms with Crippen LogP contribution in [0, 0.1) is 0 Å². The van der Waals surface area contributed by atoms with Gasteiger partial charge in [0.2, 0.25) is 0 Å². The van der Waals surface area contributed by atoms with Crippen LogP contribution < -0.4 is 0 Å². The van der Waals surface area contributed by atoms with E-state index in [9.17, 15) is 4.79 Å². The fourth-order valence-electron chi connectivity index (χ4n) is 0. The number of rotatable bonds is 1. The second-order valence-corrected chi connectivity index (χ2v) is 0.575. The van der Waals surface area contributed by atoms with Gasteiger partial charge in [0, 0.05) is 6.42 Å². The summed E-state index contributed by atoms with van der Waals surface area (Å²) in [4.78, 5) is 9.17. The van der Waals surface area contributed by atoms with E-state index in [-0.39, 0.29) is 0 Å². The summed E-state index contributed by atoms with van der Waals surface area (Å²) in [5, 5.41) is 0. The monoisotopic (exact) mass is 107 g/mol. The molecule has 0 bridgehead atoms. The minimum Gasteiger partial charge on any atom is -0.303 e. The van der Waals surface area contributed by atoms with Gasteiger partial charge in [0.05, 0.1) is 0 Å². The molecule has 0 fully saturated rings. The van der Waals surface area contributed by atoms with Crippen LogP contribution in [0.15, 0.2) is 0 Å². The van der Waals surface area contributed by atoms with Gasteiger partial charge in [-0.2, -0.15) is 0 Å². The molecule has 36 valence electrons. The summed E-state index contributed by atoms with van der Waals surface area (Å²) in [5.74, 6) is 0. The van der Waals surface area contributed by atoms with Crippen LogP contribution in [0.3, 0.4) is 0 Å². The zero-order valence-corrected chi connectivity index (χ0v) is 4.83. The van der Waals surface area contributed by atoms with Crippen LogP contribution >= 0.6 is 9.12 Å². The molecule has 0 radical (unpaired) electrons. The smallest absolute Gasteiger partial charge is 0.303 e. The maximum atomic E-state index is 9.17. The molecule has 3 heteroatoms. The van der Waals surface area contributed by atoms with Crippen molar-refractivity contribution >= 4 is 15.4 Å². The van der Waals surface area contributed by atoms with Crippen molar-refractivity contribution in [2.45, 2.75) is 13.3 Å². The van der Waals surface area contributed by atoms with Crippen molar-refractivity contribution in [1.29, 1.82) is 0 Å². The molecule has 0 amide bonds. The molecule has 0 saturated heterocycles. The van der Waals surface area contributed by atoms with Crippen molar-refractivity contribution in [3.8, 4) is 0 Å². The number of aldehydes is 1. The third-order valence-electron chi connectivity index (χ3n) is 0.167. The highest BCUT2D eigenvalue weighted by Gasteiger charge is 1.52. The van der Waals surface area contributed by atoms with E-state index in [1.165, 1.54) is 9.12 Å². The molecule has 6 heavy (non-hydrogen) atoms. The van der Waals surface area contributed by atoms with Gasteiger partial charge in [-0.15, -0.1) is 0 Å². The molecule has 0 aromatic rings. The Hall–Kier alpha value is -0.230. The summed E-state index contributed by atoms with van der Waals surface area (Å²) >= 11 is 0. The van der Waals surface area contributed by atoms with E-state index in [1.807, 2.05) is 6.92 Å². The van der Waals surface area contributed by atoms with Gasteiger partial charge >= 0.3 is 9.12 Å². The van der Waals surface area contributed by atoms with Crippen molar-refractivity contribution < 1.29 is 9.36 Å². The first-order valence-corrected chi connectivity index (χ1v) is 2.06. The number of hydrogen-bond acceptors (Lipinski definition) is 2. The van der Waals surface area contributed by atoms with E-state index in [1.54, 1.807) is 0 Å². The lowest BCUT2D eigenvalue weighted by atomic mass is 10.6. The Morgan fingerprint density at radius 3 is 1.83 bits per heavy atom. The SMILES string of the molecule is CCC=O.O=[PH2+]. The first kappa shape index (κ1) is 9.24. The summed E-state index contributed by atoms with van der Waals surface area (Å²) < 4.78 is 8.17. The largest absolute Gasteiger partial charge is 0.310 e. The van der Waals surface area contributed by atoms with Gasteiger partial charge in [-0.25, -0.2) is 0 Å². The minimum absolute atomic E-state index is 0.639. The molecule has 0 saturated carbocycles. The van der Waals surface area contributed by atoms with E-state index in [2.05, 4.69) is 0 Å². The normalized spacial score (nSPS) is 4.83. The van der Waals surface area contributed by atoms with Crippen LogP contribution in [0.2, 0.25) is 0 Å². The quantitative estimate of drug-likeness (QED) is 0.367. The molecular weight excluding hydrogens is 99.0 g/mol. The fraction of sp³-hybridized carbons (Fsp3) is 0.667. The molecule has 0 N–H and O–H groups in total. The standard InChI is InChI=1S/C3H6O.H2OP/c1-2-3-4;1-2/h3H,2H2,1H3;2H2/q;+1. The first-order chi connectivity index (χ1) is 2.91. The van der Waals surface area contributed by atoms with E-state index in [0.29, 0.717) is 6.42 Å². The number of carbonyl (C=O) groups is 1. The van der Waals surface area contributed by atoms with Gasteiger partial charge in [-0.3, -0.25) is 0 Å². The molecule has 0 spiro atoms. The molecule has 0 rings (SSSR count). The van der Waals surface area contributed by atoms with Gasteiger partial charge < -0.3 is 4.79 Å². The Bertz CT molecular complexity index is 30.0. The molecule has 0 heterocycles. The van der Waals surface area contributed by atoms with Gasteiger partial charge in [-0.1, -0.05) is 11.5 Å². The lowest BCUT2D eigenvalue weighted by molar-refractivity contribution is -0.107. The lowest BCUT2D eigenvalue weighted by Crippen LogP contribution is -1.55. The highest BCUT2D eigenvalue weighted by molar-refractivity contribution is 7.00. The first-order valence-electron chi connectivity index (χ1n) is 1.59. The second-order valence-electron chi connectivity index (χ2n) is 0.575. The molecule has 0 aromatic heterocycles. The topological polar surface area (TPSA) is 34.1 Å². The average molecular weight is 107 g/mol. The highest BCUT2D eigenvalue weighted by atomic mass is 31.0. The van der Waals surface area contributed by atoms with Crippen LogP contribution in [-0.2, 0) is 9.36 Å². The fourth-order valence-corrected chi connectivity index (χ4v) is 0. The number of carbonyl (C=O) groups excluding carboxylic acids is 1. The third kappa shape index (κ3) is 48.8. The maximum Gasteiger partial charge on any atom is 0.310 e. The molecule has 0 aromatic carbocycles. The van der Waals surface area contributed by atoms with Crippen molar-refractivity contribution in [2.75, 3.05) is 0 Å². The van der Waals surface area contributed by atoms with E-state index >= 15 is 0 Å². The van der Waals surface area contributed by atoms with Crippen molar-refractivity contribution in [3.63, 3.8) is 0 Å². The molecule has 1 unspecified atom stereocenters. The summed E-state index contributed by atoms with van der Waals surface area (Å²) in [6.07, 6.45) is 1.51. The maximum absolute atomic E-state index is 9.17. The predicted molar refractivity (Wildman–Crippen MR) is 26.8 cm³/mol.